The van der Waals surface area contributed by atoms with Gasteiger partial charge in [-0.25, -0.2) is 8.78 Å². The molecule has 0 atom stereocenters. The predicted octanol–water partition coefficient (Wildman–Crippen LogP) is 4.60. The van der Waals surface area contributed by atoms with Crippen LogP contribution in [0.25, 0.3) is 0 Å². The van der Waals surface area contributed by atoms with Gasteiger partial charge in [0.25, 0.3) is 0 Å². The highest BCUT2D eigenvalue weighted by molar-refractivity contribution is 5.84. The van der Waals surface area contributed by atoms with E-state index in [1.807, 2.05) is 27.7 Å². The summed E-state index contributed by atoms with van der Waals surface area (Å²) in [5.74, 6) is -0.853. The summed E-state index contributed by atoms with van der Waals surface area (Å²) in [4.78, 5) is 10.5. The number of benzene rings is 2. The van der Waals surface area contributed by atoms with Gasteiger partial charge in [-0.3, -0.25) is 4.79 Å². The number of carbonyl (C=O) groups excluding carboxylic acids is 1. The van der Waals surface area contributed by atoms with Crippen LogP contribution < -0.4 is 10.6 Å². The first-order chi connectivity index (χ1) is 12.3. The zero-order valence-electron chi connectivity index (χ0n) is 15.5. The summed E-state index contributed by atoms with van der Waals surface area (Å²) in [5, 5.41) is 15.0. The molecule has 0 aromatic heterocycles. The van der Waals surface area contributed by atoms with Crippen molar-refractivity contribution in [2.75, 3.05) is 10.6 Å². The molecule has 142 valence electrons. The fourth-order valence-electron chi connectivity index (χ4n) is 2.26. The zero-order valence-corrected chi connectivity index (χ0v) is 15.5. The van der Waals surface area contributed by atoms with Gasteiger partial charge in [-0.05, 0) is 52.0 Å². The number of hydrogen-bond acceptors (Lipinski definition) is 4. The Morgan fingerprint density at radius 2 is 1.42 bits per heavy atom. The molecule has 4 nitrogen and oxygen atoms in total. The van der Waals surface area contributed by atoms with Crippen LogP contribution in [0, 0.1) is 11.6 Å². The van der Waals surface area contributed by atoms with Gasteiger partial charge in [0.05, 0.1) is 12.2 Å². The lowest BCUT2D eigenvalue weighted by Gasteiger charge is -2.13. The van der Waals surface area contributed by atoms with Crippen molar-refractivity contribution in [3.8, 4) is 0 Å². The van der Waals surface area contributed by atoms with Crippen molar-refractivity contribution in [1.82, 2.24) is 0 Å². The van der Waals surface area contributed by atoms with E-state index in [1.165, 1.54) is 12.1 Å². The molecule has 2 aromatic rings. The summed E-state index contributed by atoms with van der Waals surface area (Å²) in [6.07, 6.45) is 0.528. The van der Waals surface area contributed by atoms with Gasteiger partial charge in [-0.15, -0.1) is 0 Å². The van der Waals surface area contributed by atoms with E-state index >= 15 is 0 Å². The molecular formula is C20H26F2N2O2. The molecule has 0 spiro atoms. The van der Waals surface area contributed by atoms with Gasteiger partial charge in [0.1, 0.15) is 11.6 Å². The second kappa shape index (κ2) is 10.5. The third-order valence-electron chi connectivity index (χ3n) is 3.34. The Labute approximate surface area is 153 Å². The Morgan fingerprint density at radius 3 is 1.92 bits per heavy atom. The Balaban J connectivity index is 0.000000260. The van der Waals surface area contributed by atoms with Gasteiger partial charge in [0.15, 0.2) is 6.29 Å². The molecule has 0 saturated carbocycles. The maximum atomic E-state index is 13.1. The van der Waals surface area contributed by atoms with Crippen LogP contribution in [-0.2, 0) is 6.61 Å². The summed E-state index contributed by atoms with van der Waals surface area (Å²) >= 11 is 0. The Kier molecular flexibility index (Phi) is 8.72. The van der Waals surface area contributed by atoms with Crippen LogP contribution in [0.1, 0.15) is 43.6 Å². The van der Waals surface area contributed by atoms with Gasteiger partial charge in [-0.1, -0.05) is 12.1 Å². The lowest BCUT2D eigenvalue weighted by atomic mass is 10.1. The Hall–Kier alpha value is -2.47. The Morgan fingerprint density at radius 1 is 0.923 bits per heavy atom. The van der Waals surface area contributed by atoms with E-state index in [1.54, 1.807) is 24.3 Å². The van der Waals surface area contributed by atoms with E-state index in [4.69, 9.17) is 5.11 Å². The fourth-order valence-corrected chi connectivity index (χ4v) is 2.26. The molecule has 2 rings (SSSR count). The van der Waals surface area contributed by atoms with Gasteiger partial charge in [0.2, 0.25) is 0 Å². The normalized spacial score (nSPS) is 10.3. The number of aldehydes is 1. The lowest BCUT2D eigenvalue weighted by Crippen LogP contribution is -2.12. The average Bonchev–Trinajstić information content (AvgIpc) is 2.55. The van der Waals surface area contributed by atoms with Crippen LogP contribution in [0.5, 0.6) is 0 Å². The molecule has 3 N–H and O–H groups in total. The molecule has 0 heterocycles. The van der Waals surface area contributed by atoms with Gasteiger partial charge >= 0.3 is 0 Å². The standard InChI is InChI=1S/C10H14FNO.C10H12FNO/c2*1-7(2)12-10-5-3-4-9(11)8(10)6-13/h3-5,7,12-13H,6H2,1-2H3;3-7,12H,1-2H3. The molecule has 2 aromatic carbocycles. The minimum atomic E-state index is -0.486. The first kappa shape index (κ1) is 21.6. The third kappa shape index (κ3) is 6.44. The third-order valence-corrected chi connectivity index (χ3v) is 3.34. The maximum absolute atomic E-state index is 13.1. The number of aliphatic hydroxyl groups excluding tert-OH is 1. The summed E-state index contributed by atoms with van der Waals surface area (Å²) < 4.78 is 26.1. The largest absolute Gasteiger partial charge is 0.391 e. The molecule has 0 amide bonds. The van der Waals surface area contributed by atoms with Crippen molar-refractivity contribution < 1.29 is 18.7 Å². The van der Waals surface area contributed by atoms with Crippen molar-refractivity contribution in [1.29, 1.82) is 0 Å². The quantitative estimate of drug-likeness (QED) is 0.656. The van der Waals surface area contributed by atoms with Crippen LogP contribution in [0.4, 0.5) is 20.2 Å². The van der Waals surface area contributed by atoms with Crippen LogP contribution in [-0.4, -0.2) is 23.5 Å². The molecular weight excluding hydrogens is 338 g/mol. The smallest absolute Gasteiger partial charge is 0.155 e. The summed E-state index contributed by atoms with van der Waals surface area (Å²) in [7, 11) is 0. The van der Waals surface area contributed by atoms with E-state index in [2.05, 4.69) is 10.6 Å². The Bertz CT molecular complexity index is 719. The van der Waals surface area contributed by atoms with Gasteiger partial charge in [-0.2, -0.15) is 0 Å². The second-order valence-corrected chi connectivity index (χ2v) is 6.34. The number of anilines is 2. The number of rotatable bonds is 6. The van der Waals surface area contributed by atoms with Gasteiger partial charge in [0, 0.05) is 29.0 Å². The van der Waals surface area contributed by atoms with Crippen molar-refractivity contribution in [3.05, 3.63) is 59.2 Å². The van der Waals surface area contributed by atoms with Crippen molar-refractivity contribution in [2.24, 2.45) is 0 Å². The molecule has 0 bridgehead atoms. The van der Waals surface area contributed by atoms with Crippen LogP contribution in [0.3, 0.4) is 0 Å². The van der Waals surface area contributed by atoms with Crippen molar-refractivity contribution >= 4 is 17.7 Å². The van der Waals surface area contributed by atoms with Crippen LogP contribution in [0.2, 0.25) is 0 Å². The minimum absolute atomic E-state index is 0.0937. The molecule has 6 heteroatoms. The van der Waals surface area contributed by atoms with E-state index in [-0.39, 0.29) is 30.1 Å². The number of hydrogen-bond donors (Lipinski definition) is 3. The molecule has 26 heavy (non-hydrogen) atoms. The van der Waals surface area contributed by atoms with E-state index < -0.39 is 5.82 Å². The highest BCUT2D eigenvalue weighted by Gasteiger charge is 2.08. The fraction of sp³-hybridized carbons (Fsp3) is 0.350. The van der Waals surface area contributed by atoms with E-state index in [0.29, 0.717) is 23.2 Å². The molecule has 0 aliphatic rings. The topological polar surface area (TPSA) is 61.4 Å². The average molecular weight is 364 g/mol. The SMILES string of the molecule is CC(C)Nc1cccc(F)c1C=O.CC(C)Nc1cccc(F)c1CO. The first-order valence-corrected chi connectivity index (χ1v) is 8.45. The summed E-state index contributed by atoms with van der Waals surface area (Å²) in [6.45, 7) is 7.51. The second-order valence-electron chi connectivity index (χ2n) is 6.34. The monoisotopic (exact) mass is 364 g/mol. The lowest BCUT2D eigenvalue weighted by molar-refractivity contribution is 0.112. The van der Waals surface area contributed by atoms with E-state index in [9.17, 15) is 13.6 Å². The highest BCUT2D eigenvalue weighted by atomic mass is 19.1. The summed E-state index contributed by atoms with van der Waals surface area (Å²) in [6, 6.07) is 9.67. The molecule has 0 aliphatic carbocycles. The van der Waals surface area contributed by atoms with E-state index in [0.717, 1.165) is 0 Å². The van der Waals surface area contributed by atoms with Gasteiger partial charge < -0.3 is 15.7 Å². The number of carbonyl (C=O) groups is 1. The predicted molar refractivity (Wildman–Crippen MR) is 102 cm³/mol. The van der Waals surface area contributed by atoms with Crippen LogP contribution >= 0.6 is 0 Å². The zero-order chi connectivity index (χ0) is 19.7. The molecule has 0 aliphatic heterocycles. The molecule has 0 fully saturated rings. The van der Waals surface area contributed by atoms with Crippen molar-refractivity contribution in [3.63, 3.8) is 0 Å². The molecule has 0 saturated heterocycles. The minimum Gasteiger partial charge on any atom is -0.391 e. The summed E-state index contributed by atoms with van der Waals surface area (Å²) in [5.41, 5.74) is 1.63. The number of nitrogens with one attached hydrogen (secondary N) is 2. The van der Waals surface area contributed by atoms with Crippen molar-refractivity contribution in [2.45, 2.75) is 46.4 Å². The van der Waals surface area contributed by atoms with Crippen LogP contribution in [0.15, 0.2) is 36.4 Å². The highest BCUT2D eigenvalue weighted by Crippen LogP contribution is 2.19. The maximum Gasteiger partial charge on any atom is 0.155 e. The molecule has 0 radical (unpaired) electrons. The molecule has 0 unspecified atom stereocenters. The number of aliphatic hydroxyl groups is 1. The first-order valence-electron chi connectivity index (χ1n) is 8.45. The number of halogens is 2.